The summed E-state index contributed by atoms with van der Waals surface area (Å²) in [5.41, 5.74) is 1.76. The second-order valence-electron chi connectivity index (χ2n) is 7.06. The van der Waals surface area contributed by atoms with Crippen molar-refractivity contribution in [2.45, 2.75) is 58.4 Å². The number of carbonyl (C=O) groups excluding carboxylic acids is 1. The average molecular weight is 486 g/mol. The van der Waals surface area contributed by atoms with Crippen molar-refractivity contribution in [3.8, 4) is 0 Å². The van der Waals surface area contributed by atoms with Gasteiger partial charge in [-0.1, -0.05) is 50.7 Å². The molecule has 1 saturated carbocycles. The van der Waals surface area contributed by atoms with Crippen molar-refractivity contribution in [3.63, 3.8) is 0 Å². The standard InChI is InChI=1S/C21H34N4O.HI/c1-3-23-20(26)19-13-8-12-18(15-19)16-25-21(22-2)24-14-7-6-11-17-9-4-5-10-17;/h8,12-13,15,17H,3-7,9-11,14,16H2,1-2H3,(H,23,26)(H2,22,24,25);1H. The fourth-order valence-corrected chi connectivity index (χ4v) is 3.56. The Morgan fingerprint density at radius 2 is 1.93 bits per heavy atom. The van der Waals surface area contributed by atoms with Crippen LogP contribution in [0.4, 0.5) is 0 Å². The van der Waals surface area contributed by atoms with Gasteiger partial charge in [-0.05, 0) is 37.0 Å². The lowest BCUT2D eigenvalue weighted by Crippen LogP contribution is -2.37. The first kappa shape index (κ1) is 23.7. The first-order valence-corrected chi connectivity index (χ1v) is 10.0. The van der Waals surface area contributed by atoms with Crippen LogP contribution < -0.4 is 16.0 Å². The molecule has 2 rings (SSSR count). The third kappa shape index (κ3) is 8.95. The number of nitrogens with zero attached hydrogens (tertiary/aromatic N) is 1. The Morgan fingerprint density at radius 1 is 1.15 bits per heavy atom. The fourth-order valence-electron chi connectivity index (χ4n) is 3.56. The zero-order valence-electron chi connectivity index (χ0n) is 16.7. The maximum atomic E-state index is 11.9. The molecular formula is C21H35IN4O. The first-order chi connectivity index (χ1) is 12.7. The molecule has 27 heavy (non-hydrogen) atoms. The monoisotopic (exact) mass is 486 g/mol. The Labute approximate surface area is 181 Å². The number of benzene rings is 1. The van der Waals surface area contributed by atoms with Gasteiger partial charge in [-0.15, -0.1) is 24.0 Å². The second-order valence-corrected chi connectivity index (χ2v) is 7.06. The van der Waals surface area contributed by atoms with Gasteiger partial charge in [0.05, 0.1) is 0 Å². The molecule has 1 aliphatic carbocycles. The Balaban J connectivity index is 0.00000364. The highest BCUT2D eigenvalue weighted by Crippen LogP contribution is 2.28. The van der Waals surface area contributed by atoms with Gasteiger partial charge in [0.2, 0.25) is 0 Å². The molecule has 1 aromatic rings. The number of nitrogens with one attached hydrogen (secondary N) is 3. The molecule has 3 N–H and O–H groups in total. The van der Waals surface area contributed by atoms with Crippen LogP contribution in [-0.4, -0.2) is 32.0 Å². The number of hydrogen-bond donors (Lipinski definition) is 3. The van der Waals surface area contributed by atoms with Gasteiger partial charge in [0.1, 0.15) is 0 Å². The summed E-state index contributed by atoms with van der Waals surface area (Å²) in [5, 5.41) is 9.54. The van der Waals surface area contributed by atoms with E-state index in [2.05, 4.69) is 20.9 Å². The number of amides is 1. The van der Waals surface area contributed by atoms with Gasteiger partial charge in [0.15, 0.2) is 5.96 Å². The van der Waals surface area contributed by atoms with Crippen molar-refractivity contribution in [2.75, 3.05) is 20.1 Å². The summed E-state index contributed by atoms with van der Waals surface area (Å²) in [4.78, 5) is 16.2. The lowest BCUT2D eigenvalue weighted by molar-refractivity contribution is 0.0955. The molecule has 0 saturated heterocycles. The van der Waals surface area contributed by atoms with Crippen LogP contribution in [0, 0.1) is 5.92 Å². The van der Waals surface area contributed by atoms with E-state index in [0.717, 1.165) is 24.0 Å². The SMILES string of the molecule is CCNC(=O)c1cccc(CNC(=NC)NCCCCC2CCCC2)c1.I. The Kier molecular flexibility index (Phi) is 12.1. The molecule has 0 spiro atoms. The van der Waals surface area contributed by atoms with E-state index in [1.54, 1.807) is 7.05 Å². The molecule has 0 radical (unpaired) electrons. The van der Waals surface area contributed by atoms with Crippen LogP contribution in [0.1, 0.15) is 67.8 Å². The van der Waals surface area contributed by atoms with E-state index in [4.69, 9.17) is 0 Å². The first-order valence-electron chi connectivity index (χ1n) is 10.0. The zero-order chi connectivity index (χ0) is 18.6. The van der Waals surface area contributed by atoms with Crippen LogP contribution in [0.3, 0.4) is 0 Å². The number of aliphatic imine (C=N–C) groups is 1. The molecular weight excluding hydrogens is 451 g/mol. The molecule has 5 nitrogen and oxygen atoms in total. The lowest BCUT2D eigenvalue weighted by atomic mass is 10.0. The molecule has 0 heterocycles. The van der Waals surface area contributed by atoms with E-state index in [-0.39, 0.29) is 29.9 Å². The maximum absolute atomic E-state index is 11.9. The minimum Gasteiger partial charge on any atom is -0.356 e. The molecule has 1 aliphatic rings. The molecule has 152 valence electrons. The third-order valence-electron chi connectivity index (χ3n) is 5.02. The molecule has 0 atom stereocenters. The van der Waals surface area contributed by atoms with E-state index in [9.17, 15) is 4.79 Å². The molecule has 6 heteroatoms. The van der Waals surface area contributed by atoms with E-state index >= 15 is 0 Å². The highest BCUT2D eigenvalue weighted by atomic mass is 127. The largest absolute Gasteiger partial charge is 0.356 e. The number of hydrogen-bond acceptors (Lipinski definition) is 2. The lowest BCUT2D eigenvalue weighted by Gasteiger charge is -2.13. The summed E-state index contributed by atoms with van der Waals surface area (Å²) in [6.07, 6.45) is 9.59. The normalized spacial score (nSPS) is 14.5. The molecule has 0 unspecified atom stereocenters. The van der Waals surface area contributed by atoms with E-state index < -0.39 is 0 Å². The van der Waals surface area contributed by atoms with Crippen LogP contribution in [0.25, 0.3) is 0 Å². The van der Waals surface area contributed by atoms with E-state index in [1.165, 1.54) is 44.9 Å². The van der Waals surface area contributed by atoms with Crippen molar-refractivity contribution in [3.05, 3.63) is 35.4 Å². The van der Waals surface area contributed by atoms with Crippen molar-refractivity contribution in [1.29, 1.82) is 0 Å². The zero-order valence-corrected chi connectivity index (χ0v) is 19.1. The quantitative estimate of drug-likeness (QED) is 0.213. The molecule has 0 aliphatic heterocycles. The van der Waals surface area contributed by atoms with Crippen LogP contribution >= 0.6 is 24.0 Å². The third-order valence-corrected chi connectivity index (χ3v) is 5.02. The van der Waals surface area contributed by atoms with Crippen molar-refractivity contribution in [2.24, 2.45) is 10.9 Å². The molecule has 0 aromatic heterocycles. The van der Waals surface area contributed by atoms with Gasteiger partial charge in [-0.3, -0.25) is 9.79 Å². The molecule has 1 aromatic carbocycles. The highest BCUT2D eigenvalue weighted by molar-refractivity contribution is 14.0. The summed E-state index contributed by atoms with van der Waals surface area (Å²) in [7, 11) is 1.79. The number of halogens is 1. The van der Waals surface area contributed by atoms with Crippen molar-refractivity contribution >= 4 is 35.8 Å². The average Bonchev–Trinajstić information content (AvgIpc) is 3.18. The second kappa shape index (κ2) is 13.8. The number of rotatable bonds is 9. The smallest absolute Gasteiger partial charge is 0.251 e. The summed E-state index contributed by atoms with van der Waals surface area (Å²) in [6, 6.07) is 7.70. The van der Waals surface area contributed by atoms with Gasteiger partial charge in [-0.2, -0.15) is 0 Å². The fraction of sp³-hybridized carbons (Fsp3) is 0.619. The number of unbranched alkanes of at least 4 members (excludes halogenated alkanes) is 1. The van der Waals surface area contributed by atoms with Crippen LogP contribution in [0.15, 0.2) is 29.3 Å². The summed E-state index contributed by atoms with van der Waals surface area (Å²) < 4.78 is 0. The topological polar surface area (TPSA) is 65.5 Å². The van der Waals surface area contributed by atoms with Crippen LogP contribution in [0.2, 0.25) is 0 Å². The summed E-state index contributed by atoms with van der Waals surface area (Å²) in [5.74, 6) is 1.76. The van der Waals surface area contributed by atoms with Crippen molar-refractivity contribution in [1.82, 2.24) is 16.0 Å². The van der Waals surface area contributed by atoms with Crippen molar-refractivity contribution < 1.29 is 4.79 Å². The highest BCUT2D eigenvalue weighted by Gasteiger charge is 2.13. The van der Waals surface area contributed by atoms with Gasteiger partial charge in [0, 0.05) is 32.2 Å². The van der Waals surface area contributed by atoms with E-state index in [1.807, 2.05) is 31.2 Å². The molecule has 1 fully saturated rings. The number of carbonyl (C=O) groups is 1. The van der Waals surface area contributed by atoms with Gasteiger partial charge < -0.3 is 16.0 Å². The van der Waals surface area contributed by atoms with Gasteiger partial charge in [-0.25, -0.2) is 0 Å². The molecule has 0 bridgehead atoms. The number of guanidine groups is 1. The van der Waals surface area contributed by atoms with E-state index in [0.29, 0.717) is 18.7 Å². The Hall–Kier alpha value is -1.31. The minimum atomic E-state index is -0.0286. The maximum Gasteiger partial charge on any atom is 0.251 e. The Morgan fingerprint density at radius 3 is 2.63 bits per heavy atom. The van der Waals surface area contributed by atoms with Crippen LogP contribution in [0.5, 0.6) is 0 Å². The Bertz CT molecular complexity index is 585. The molecule has 1 amide bonds. The van der Waals surface area contributed by atoms with Gasteiger partial charge in [0.25, 0.3) is 5.91 Å². The van der Waals surface area contributed by atoms with Crippen LogP contribution in [-0.2, 0) is 6.54 Å². The minimum absolute atomic E-state index is 0. The summed E-state index contributed by atoms with van der Waals surface area (Å²) in [6.45, 7) is 4.16. The summed E-state index contributed by atoms with van der Waals surface area (Å²) >= 11 is 0. The van der Waals surface area contributed by atoms with Gasteiger partial charge >= 0.3 is 0 Å². The predicted molar refractivity (Wildman–Crippen MR) is 124 cm³/mol. The predicted octanol–water partition coefficient (Wildman–Crippen LogP) is 4.08.